The van der Waals surface area contributed by atoms with Gasteiger partial charge in [0, 0.05) is 13.0 Å². The molecule has 1 aliphatic rings. The summed E-state index contributed by atoms with van der Waals surface area (Å²) in [5.41, 5.74) is 1.25. The second-order valence-electron chi connectivity index (χ2n) is 5.91. The number of amides is 1. The molecule has 0 spiro atoms. The van der Waals surface area contributed by atoms with Crippen LogP contribution in [-0.4, -0.2) is 30.4 Å². The Hall–Kier alpha value is -1.35. The molecule has 2 rings (SSSR count). The Balaban J connectivity index is 1.97. The van der Waals surface area contributed by atoms with Crippen molar-refractivity contribution in [2.24, 2.45) is 5.92 Å². The molecule has 0 saturated carbocycles. The second-order valence-corrected chi connectivity index (χ2v) is 5.91. The fourth-order valence-corrected chi connectivity index (χ4v) is 3.31. The Morgan fingerprint density at radius 2 is 2.10 bits per heavy atom. The number of nitrogens with zero attached hydrogens (tertiary/aromatic N) is 1. The van der Waals surface area contributed by atoms with Gasteiger partial charge in [-0.2, -0.15) is 0 Å². The van der Waals surface area contributed by atoms with E-state index in [4.69, 9.17) is 0 Å². The Morgan fingerprint density at radius 3 is 2.67 bits per heavy atom. The molecule has 0 bridgehead atoms. The lowest BCUT2D eigenvalue weighted by atomic mass is 9.99. The van der Waals surface area contributed by atoms with E-state index in [-0.39, 0.29) is 6.04 Å². The Kier molecular flexibility index (Phi) is 6.24. The number of rotatable bonds is 7. The Bertz CT molecular complexity index is 426. The minimum atomic E-state index is 0.213. The molecule has 0 aliphatic carbocycles. The second kappa shape index (κ2) is 8.18. The molecule has 21 heavy (non-hydrogen) atoms. The summed E-state index contributed by atoms with van der Waals surface area (Å²) in [6.45, 7) is 7.22. The van der Waals surface area contributed by atoms with E-state index in [1.54, 1.807) is 0 Å². The van der Waals surface area contributed by atoms with Crippen LogP contribution in [-0.2, 0) is 4.79 Å². The van der Waals surface area contributed by atoms with Gasteiger partial charge in [0.1, 0.15) is 0 Å². The SMILES string of the molecule is CCC(c1ccccc1)N(CC)C(=O)CCC1CCNC1. The van der Waals surface area contributed by atoms with E-state index in [0.717, 1.165) is 32.5 Å². The van der Waals surface area contributed by atoms with Crippen molar-refractivity contribution in [3.63, 3.8) is 0 Å². The fourth-order valence-electron chi connectivity index (χ4n) is 3.31. The fraction of sp³-hybridized carbons (Fsp3) is 0.611. The van der Waals surface area contributed by atoms with E-state index in [0.29, 0.717) is 18.2 Å². The average Bonchev–Trinajstić information content (AvgIpc) is 3.04. The van der Waals surface area contributed by atoms with Gasteiger partial charge in [-0.05, 0) is 50.8 Å². The summed E-state index contributed by atoms with van der Waals surface area (Å²) in [7, 11) is 0. The summed E-state index contributed by atoms with van der Waals surface area (Å²) < 4.78 is 0. The number of hydrogen-bond donors (Lipinski definition) is 1. The van der Waals surface area contributed by atoms with Crippen LogP contribution in [0.5, 0.6) is 0 Å². The third-order valence-electron chi connectivity index (χ3n) is 4.54. The normalized spacial score (nSPS) is 19.4. The summed E-state index contributed by atoms with van der Waals surface area (Å²) in [6, 6.07) is 10.6. The molecule has 1 amide bonds. The van der Waals surface area contributed by atoms with Crippen molar-refractivity contribution in [2.75, 3.05) is 19.6 Å². The number of nitrogens with one attached hydrogen (secondary N) is 1. The summed E-state index contributed by atoms with van der Waals surface area (Å²) in [5.74, 6) is 0.990. The minimum absolute atomic E-state index is 0.213. The van der Waals surface area contributed by atoms with Crippen LogP contribution in [0, 0.1) is 5.92 Å². The molecule has 3 heteroatoms. The number of carbonyl (C=O) groups is 1. The smallest absolute Gasteiger partial charge is 0.223 e. The molecule has 2 unspecified atom stereocenters. The van der Waals surface area contributed by atoms with E-state index < -0.39 is 0 Å². The monoisotopic (exact) mass is 288 g/mol. The molecular formula is C18H28N2O. The van der Waals surface area contributed by atoms with Crippen LogP contribution in [0.25, 0.3) is 0 Å². The molecular weight excluding hydrogens is 260 g/mol. The highest BCUT2D eigenvalue weighted by atomic mass is 16.2. The van der Waals surface area contributed by atoms with E-state index in [1.165, 1.54) is 12.0 Å². The van der Waals surface area contributed by atoms with Gasteiger partial charge >= 0.3 is 0 Å². The van der Waals surface area contributed by atoms with Crippen LogP contribution in [0.15, 0.2) is 30.3 Å². The largest absolute Gasteiger partial charge is 0.336 e. The van der Waals surface area contributed by atoms with E-state index in [2.05, 4.69) is 48.3 Å². The van der Waals surface area contributed by atoms with Crippen molar-refractivity contribution in [1.29, 1.82) is 0 Å². The summed E-state index contributed by atoms with van der Waals surface area (Å²) in [5, 5.41) is 3.37. The van der Waals surface area contributed by atoms with Gasteiger partial charge in [0.2, 0.25) is 5.91 Å². The Morgan fingerprint density at radius 1 is 1.33 bits per heavy atom. The third-order valence-corrected chi connectivity index (χ3v) is 4.54. The van der Waals surface area contributed by atoms with Gasteiger partial charge in [-0.25, -0.2) is 0 Å². The van der Waals surface area contributed by atoms with Crippen LogP contribution in [0.1, 0.15) is 51.1 Å². The lowest BCUT2D eigenvalue weighted by Gasteiger charge is -2.31. The maximum absolute atomic E-state index is 12.6. The lowest BCUT2D eigenvalue weighted by molar-refractivity contribution is -0.133. The van der Waals surface area contributed by atoms with Crippen LogP contribution < -0.4 is 5.32 Å². The summed E-state index contributed by atoms with van der Waals surface area (Å²) >= 11 is 0. The van der Waals surface area contributed by atoms with Gasteiger partial charge in [-0.15, -0.1) is 0 Å². The highest BCUT2D eigenvalue weighted by Gasteiger charge is 2.23. The molecule has 1 saturated heterocycles. The molecule has 1 aliphatic heterocycles. The molecule has 0 radical (unpaired) electrons. The first-order chi connectivity index (χ1) is 10.3. The molecule has 116 valence electrons. The highest BCUT2D eigenvalue weighted by Crippen LogP contribution is 2.25. The van der Waals surface area contributed by atoms with Crippen LogP contribution in [0.3, 0.4) is 0 Å². The van der Waals surface area contributed by atoms with Gasteiger partial charge in [0.25, 0.3) is 0 Å². The molecule has 2 atom stereocenters. The van der Waals surface area contributed by atoms with Crippen molar-refractivity contribution in [1.82, 2.24) is 10.2 Å². The summed E-state index contributed by atoms with van der Waals surface area (Å²) in [6.07, 6.45) is 3.89. The first-order valence-electron chi connectivity index (χ1n) is 8.31. The van der Waals surface area contributed by atoms with E-state index >= 15 is 0 Å². The third kappa shape index (κ3) is 4.31. The lowest BCUT2D eigenvalue weighted by Crippen LogP contribution is -2.34. The first-order valence-corrected chi connectivity index (χ1v) is 8.31. The maximum Gasteiger partial charge on any atom is 0.223 e. The van der Waals surface area contributed by atoms with Crippen molar-refractivity contribution in [3.05, 3.63) is 35.9 Å². The predicted octanol–water partition coefficient (Wildman–Crippen LogP) is 3.38. The van der Waals surface area contributed by atoms with Crippen molar-refractivity contribution in [3.8, 4) is 0 Å². The van der Waals surface area contributed by atoms with Crippen LogP contribution >= 0.6 is 0 Å². The topological polar surface area (TPSA) is 32.3 Å². The minimum Gasteiger partial charge on any atom is -0.336 e. The molecule has 1 fully saturated rings. The molecule has 1 aromatic carbocycles. The average molecular weight is 288 g/mol. The predicted molar refractivity (Wildman–Crippen MR) is 87.1 cm³/mol. The van der Waals surface area contributed by atoms with E-state index in [9.17, 15) is 4.79 Å². The molecule has 1 N–H and O–H groups in total. The van der Waals surface area contributed by atoms with Gasteiger partial charge in [-0.3, -0.25) is 4.79 Å². The van der Waals surface area contributed by atoms with Gasteiger partial charge in [0.05, 0.1) is 6.04 Å². The zero-order chi connectivity index (χ0) is 15.1. The number of hydrogen-bond acceptors (Lipinski definition) is 2. The standard InChI is InChI=1S/C18H28N2O/c1-3-17(16-8-6-5-7-9-16)20(4-2)18(21)11-10-15-12-13-19-14-15/h5-9,15,17,19H,3-4,10-14H2,1-2H3. The zero-order valence-electron chi connectivity index (χ0n) is 13.3. The molecule has 1 aromatic rings. The highest BCUT2D eigenvalue weighted by molar-refractivity contribution is 5.76. The first kappa shape index (κ1) is 16.0. The van der Waals surface area contributed by atoms with Crippen LogP contribution in [0.4, 0.5) is 0 Å². The number of benzene rings is 1. The van der Waals surface area contributed by atoms with Crippen LogP contribution in [0.2, 0.25) is 0 Å². The summed E-state index contributed by atoms with van der Waals surface area (Å²) in [4.78, 5) is 14.7. The quantitative estimate of drug-likeness (QED) is 0.834. The zero-order valence-corrected chi connectivity index (χ0v) is 13.3. The number of carbonyl (C=O) groups excluding carboxylic acids is 1. The van der Waals surface area contributed by atoms with Crippen molar-refractivity contribution in [2.45, 2.75) is 45.6 Å². The van der Waals surface area contributed by atoms with Gasteiger partial charge in [-0.1, -0.05) is 37.3 Å². The van der Waals surface area contributed by atoms with Crippen molar-refractivity contribution < 1.29 is 4.79 Å². The van der Waals surface area contributed by atoms with Gasteiger partial charge < -0.3 is 10.2 Å². The molecule has 1 heterocycles. The molecule has 3 nitrogen and oxygen atoms in total. The maximum atomic E-state index is 12.6. The van der Waals surface area contributed by atoms with E-state index in [1.807, 2.05) is 6.07 Å². The molecule has 0 aromatic heterocycles. The van der Waals surface area contributed by atoms with Crippen molar-refractivity contribution >= 4 is 5.91 Å². The van der Waals surface area contributed by atoms with Gasteiger partial charge in [0.15, 0.2) is 0 Å². The Labute approximate surface area is 128 Å².